The van der Waals surface area contributed by atoms with Crippen molar-refractivity contribution in [3.05, 3.63) is 48.0 Å². The Balaban J connectivity index is 1.84. The van der Waals surface area contributed by atoms with E-state index >= 15 is 0 Å². The second kappa shape index (κ2) is 5.33. The van der Waals surface area contributed by atoms with Crippen LogP contribution in [-0.2, 0) is 6.54 Å². The molecule has 3 rings (SSSR count). The van der Waals surface area contributed by atoms with Gasteiger partial charge in [-0.1, -0.05) is 18.2 Å². The highest BCUT2D eigenvalue weighted by Gasteiger charge is 2.15. The molecule has 1 aliphatic heterocycles. The Kier molecular flexibility index (Phi) is 3.37. The molecule has 4 heteroatoms. The Morgan fingerprint density at radius 3 is 2.40 bits per heavy atom. The summed E-state index contributed by atoms with van der Waals surface area (Å²) in [5.41, 5.74) is 9.04. The second-order valence-electron chi connectivity index (χ2n) is 4.89. The van der Waals surface area contributed by atoms with Gasteiger partial charge < -0.3 is 20.1 Å². The maximum absolute atomic E-state index is 6.11. The van der Waals surface area contributed by atoms with E-state index in [1.54, 1.807) is 0 Å². The molecule has 0 saturated heterocycles. The number of para-hydroxylation sites is 1. The molecule has 0 spiro atoms. The normalized spacial score (nSPS) is 13.1. The first-order valence-corrected chi connectivity index (χ1v) is 6.68. The first-order valence-electron chi connectivity index (χ1n) is 6.68. The number of ether oxygens (including phenoxy) is 2. The average Bonchev–Trinajstić information content (AvgIpc) is 2.49. The third-order valence-corrected chi connectivity index (χ3v) is 3.41. The zero-order chi connectivity index (χ0) is 13.9. The van der Waals surface area contributed by atoms with E-state index in [4.69, 9.17) is 15.2 Å². The zero-order valence-corrected chi connectivity index (χ0v) is 11.5. The fraction of sp³-hybridized carbons (Fsp3) is 0.250. The van der Waals surface area contributed by atoms with Crippen LogP contribution in [0.25, 0.3) is 0 Å². The molecule has 1 aliphatic rings. The number of rotatable bonds is 3. The molecule has 2 N–H and O–H groups in total. The molecule has 0 aromatic heterocycles. The van der Waals surface area contributed by atoms with E-state index in [1.807, 2.05) is 37.4 Å². The van der Waals surface area contributed by atoms with Gasteiger partial charge in [-0.05, 0) is 23.8 Å². The van der Waals surface area contributed by atoms with E-state index in [-0.39, 0.29) is 0 Å². The van der Waals surface area contributed by atoms with Crippen LogP contribution in [0.5, 0.6) is 11.5 Å². The molecule has 20 heavy (non-hydrogen) atoms. The SMILES string of the molecule is CN(Cc1cc2c(cc1N)OCCO2)c1ccccc1. The van der Waals surface area contributed by atoms with Crippen molar-refractivity contribution in [1.29, 1.82) is 0 Å². The summed E-state index contributed by atoms with van der Waals surface area (Å²) in [7, 11) is 2.05. The number of benzene rings is 2. The van der Waals surface area contributed by atoms with E-state index in [2.05, 4.69) is 17.0 Å². The summed E-state index contributed by atoms with van der Waals surface area (Å²) in [5.74, 6) is 1.52. The van der Waals surface area contributed by atoms with Crippen LogP contribution in [0, 0.1) is 0 Å². The topological polar surface area (TPSA) is 47.7 Å². The first kappa shape index (κ1) is 12.7. The molecule has 0 unspecified atom stereocenters. The zero-order valence-electron chi connectivity index (χ0n) is 11.5. The van der Waals surface area contributed by atoms with Crippen LogP contribution in [0.1, 0.15) is 5.56 Å². The van der Waals surface area contributed by atoms with Crippen molar-refractivity contribution < 1.29 is 9.47 Å². The van der Waals surface area contributed by atoms with Crippen molar-refractivity contribution in [3.8, 4) is 11.5 Å². The molecule has 0 saturated carbocycles. The predicted octanol–water partition coefficient (Wildman–Crippen LogP) is 2.68. The van der Waals surface area contributed by atoms with Gasteiger partial charge in [-0.3, -0.25) is 0 Å². The van der Waals surface area contributed by atoms with Crippen molar-refractivity contribution in [2.24, 2.45) is 0 Å². The minimum Gasteiger partial charge on any atom is -0.486 e. The molecular formula is C16H18N2O2. The smallest absolute Gasteiger partial charge is 0.163 e. The molecule has 0 bridgehead atoms. The molecule has 0 amide bonds. The van der Waals surface area contributed by atoms with Gasteiger partial charge in [0.05, 0.1) is 0 Å². The Bertz CT molecular complexity index is 599. The molecule has 4 nitrogen and oxygen atoms in total. The second-order valence-corrected chi connectivity index (χ2v) is 4.89. The van der Waals surface area contributed by atoms with Gasteiger partial charge in [0, 0.05) is 31.0 Å². The van der Waals surface area contributed by atoms with Crippen molar-refractivity contribution >= 4 is 11.4 Å². The third kappa shape index (κ3) is 2.50. The number of nitrogen functional groups attached to an aromatic ring is 1. The molecule has 0 atom stereocenters. The third-order valence-electron chi connectivity index (χ3n) is 3.41. The number of fused-ring (bicyclic) bond motifs is 1. The number of nitrogens with zero attached hydrogens (tertiary/aromatic N) is 1. The van der Waals surface area contributed by atoms with Gasteiger partial charge in [0.15, 0.2) is 11.5 Å². The average molecular weight is 270 g/mol. The van der Waals surface area contributed by atoms with Crippen molar-refractivity contribution in [2.75, 3.05) is 30.9 Å². The minimum absolute atomic E-state index is 0.579. The van der Waals surface area contributed by atoms with Crippen LogP contribution in [0.2, 0.25) is 0 Å². The number of hydrogen-bond acceptors (Lipinski definition) is 4. The van der Waals surface area contributed by atoms with E-state index in [0.717, 1.165) is 35.0 Å². The monoisotopic (exact) mass is 270 g/mol. The van der Waals surface area contributed by atoms with Crippen LogP contribution in [0.15, 0.2) is 42.5 Å². The standard InChI is InChI=1S/C16H18N2O2/c1-18(13-5-3-2-4-6-13)11-12-9-15-16(10-14(12)17)20-8-7-19-15/h2-6,9-10H,7-8,11,17H2,1H3. The van der Waals surface area contributed by atoms with Gasteiger partial charge in [0.25, 0.3) is 0 Å². The minimum atomic E-state index is 0.579. The summed E-state index contributed by atoms with van der Waals surface area (Å²) >= 11 is 0. The molecule has 0 aliphatic carbocycles. The van der Waals surface area contributed by atoms with Gasteiger partial charge in [0.2, 0.25) is 0 Å². The van der Waals surface area contributed by atoms with Crippen LogP contribution in [-0.4, -0.2) is 20.3 Å². The van der Waals surface area contributed by atoms with Crippen LogP contribution >= 0.6 is 0 Å². The predicted molar refractivity (Wildman–Crippen MR) is 80.4 cm³/mol. The highest BCUT2D eigenvalue weighted by atomic mass is 16.6. The quantitative estimate of drug-likeness (QED) is 0.871. The Labute approximate surface area is 118 Å². The summed E-state index contributed by atoms with van der Waals surface area (Å²) in [6.45, 7) is 1.90. The summed E-state index contributed by atoms with van der Waals surface area (Å²) in [6.07, 6.45) is 0. The van der Waals surface area contributed by atoms with Crippen molar-refractivity contribution in [3.63, 3.8) is 0 Å². The largest absolute Gasteiger partial charge is 0.486 e. The molecule has 0 radical (unpaired) electrons. The molecule has 1 heterocycles. The summed E-state index contributed by atoms with van der Waals surface area (Å²) in [4.78, 5) is 2.15. The maximum Gasteiger partial charge on any atom is 0.163 e. The fourth-order valence-corrected chi connectivity index (χ4v) is 2.31. The van der Waals surface area contributed by atoms with Crippen molar-refractivity contribution in [1.82, 2.24) is 0 Å². The molecule has 104 valence electrons. The van der Waals surface area contributed by atoms with E-state index in [1.165, 1.54) is 0 Å². The van der Waals surface area contributed by atoms with Crippen LogP contribution < -0.4 is 20.1 Å². The lowest BCUT2D eigenvalue weighted by Crippen LogP contribution is -2.19. The van der Waals surface area contributed by atoms with Crippen LogP contribution in [0.4, 0.5) is 11.4 Å². The number of anilines is 2. The van der Waals surface area contributed by atoms with Gasteiger partial charge in [-0.2, -0.15) is 0 Å². The summed E-state index contributed by atoms with van der Waals surface area (Å²) in [6, 6.07) is 14.0. The van der Waals surface area contributed by atoms with Gasteiger partial charge in [-0.25, -0.2) is 0 Å². The van der Waals surface area contributed by atoms with Gasteiger partial charge in [0.1, 0.15) is 13.2 Å². The molecule has 2 aromatic rings. The van der Waals surface area contributed by atoms with E-state index in [9.17, 15) is 0 Å². The Morgan fingerprint density at radius 1 is 1.05 bits per heavy atom. The molecular weight excluding hydrogens is 252 g/mol. The maximum atomic E-state index is 6.11. The summed E-state index contributed by atoms with van der Waals surface area (Å²) in [5, 5.41) is 0. The van der Waals surface area contributed by atoms with Crippen molar-refractivity contribution in [2.45, 2.75) is 6.54 Å². The highest BCUT2D eigenvalue weighted by molar-refractivity contribution is 5.60. The lowest BCUT2D eigenvalue weighted by Gasteiger charge is -2.23. The fourth-order valence-electron chi connectivity index (χ4n) is 2.31. The Morgan fingerprint density at radius 2 is 1.70 bits per heavy atom. The number of hydrogen-bond donors (Lipinski definition) is 1. The highest BCUT2D eigenvalue weighted by Crippen LogP contribution is 2.35. The van der Waals surface area contributed by atoms with Gasteiger partial charge in [-0.15, -0.1) is 0 Å². The molecule has 0 fully saturated rings. The van der Waals surface area contributed by atoms with Gasteiger partial charge >= 0.3 is 0 Å². The lowest BCUT2D eigenvalue weighted by molar-refractivity contribution is 0.171. The molecule has 2 aromatic carbocycles. The lowest BCUT2D eigenvalue weighted by atomic mass is 10.1. The van der Waals surface area contributed by atoms with E-state index < -0.39 is 0 Å². The Hall–Kier alpha value is -2.36. The van der Waals surface area contributed by atoms with Crippen LogP contribution in [0.3, 0.4) is 0 Å². The number of nitrogens with two attached hydrogens (primary N) is 1. The van der Waals surface area contributed by atoms with E-state index in [0.29, 0.717) is 13.2 Å². The summed E-state index contributed by atoms with van der Waals surface area (Å²) < 4.78 is 11.1. The first-order chi connectivity index (χ1) is 9.74.